The maximum Gasteiger partial charge on any atom is 0.325 e. The molecule has 0 aliphatic rings. The highest BCUT2D eigenvalue weighted by atomic mass is 16.4. The third-order valence-electron chi connectivity index (χ3n) is 6.45. The van der Waals surface area contributed by atoms with Crippen LogP contribution in [0.2, 0.25) is 0 Å². The molecule has 0 fully saturated rings. The van der Waals surface area contributed by atoms with Gasteiger partial charge in [0, 0.05) is 17.5 Å². The summed E-state index contributed by atoms with van der Waals surface area (Å²) in [5.74, 6) is -4.16. The van der Waals surface area contributed by atoms with E-state index in [1.54, 1.807) is 54.6 Å². The Morgan fingerprint density at radius 1 is 0.738 bits per heavy atom. The molecule has 0 aliphatic carbocycles. The van der Waals surface area contributed by atoms with E-state index in [1.165, 1.54) is 41.5 Å². The van der Waals surface area contributed by atoms with Crippen LogP contribution in [0.4, 0.5) is 0 Å². The molecule has 0 spiro atoms. The van der Waals surface area contributed by atoms with Gasteiger partial charge in [0.1, 0.15) is 23.2 Å². The second-order valence-corrected chi connectivity index (χ2v) is 11.2. The van der Waals surface area contributed by atoms with Crippen molar-refractivity contribution >= 4 is 35.4 Å². The first-order valence-electron chi connectivity index (χ1n) is 13.4. The molecule has 4 amide bonds. The number of rotatable bonds is 13. The summed E-state index contributed by atoms with van der Waals surface area (Å²) in [6.07, 6.45) is -0.0298. The lowest BCUT2D eigenvalue weighted by Crippen LogP contribution is -2.64. The van der Waals surface area contributed by atoms with Crippen LogP contribution < -0.4 is 27.0 Å². The minimum absolute atomic E-state index is 0.0298. The Kier molecular flexibility index (Phi) is 11.1. The molecule has 0 heterocycles. The molecular weight excluding hydrogens is 542 g/mol. The highest BCUT2D eigenvalue weighted by molar-refractivity contribution is 6.09. The number of amides is 4. The summed E-state index contributed by atoms with van der Waals surface area (Å²) in [6.45, 7) is 8.43. The zero-order valence-electron chi connectivity index (χ0n) is 24.6. The van der Waals surface area contributed by atoms with E-state index in [2.05, 4.69) is 21.3 Å². The van der Waals surface area contributed by atoms with Gasteiger partial charge in [0.25, 0.3) is 0 Å². The average molecular weight is 582 g/mol. The number of carbonyl (C=O) groups excluding carboxylic acids is 5. The molecule has 0 saturated carbocycles. The minimum atomic E-state index is -1.55. The lowest BCUT2D eigenvalue weighted by Gasteiger charge is -2.31. The molecule has 2 rings (SSSR count). The van der Waals surface area contributed by atoms with E-state index in [9.17, 15) is 28.8 Å². The summed E-state index contributed by atoms with van der Waals surface area (Å²) in [4.78, 5) is 75.5. The molecule has 0 aromatic heterocycles. The van der Waals surface area contributed by atoms with Crippen LogP contribution in [0.25, 0.3) is 0 Å². The van der Waals surface area contributed by atoms with Crippen molar-refractivity contribution in [2.75, 3.05) is 0 Å². The Bertz CT molecular complexity index is 1320. The quantitative estimate of drug-likeness (QED) is 0.186. The van der Waals surface area contributed by atoms with Crippen LogP contribution >= 0.6 is 0 Å². The summed E-state index contributed by atoms with van der Waals surface area (Å²) in [5, 5.41) is 19.2. The Labute approximate surface area is 244 Å². The van der Waals surface area contributed by atoms with Crippen LogP contribution in [0.3, 0.4) is 0 Å². The van der Waals surface area contributed by atoms with Crippen molar-refractivity contribution in [3.05, 3.63) is 71.3 Å². The third-order valence-corrected chi connectivity index (χ3v) is 6.45. The summed E-state index contributed by atoms with van der Waals surface area (Å²) in [6, 6.07) is 12.0. The van der Waals surface area contributed by atoms with Gasteiger partial charge < -0.3 is 32.1 Å². The van der Waals surface area contributed by atoms with Gasteiger partial charge in [-0.2, -0.15) is 0 Å². The smallest absolute Gasteiger partial charge is 0.325 e. The fraction of sp³-hybridized carbons (Fsp3) is 0.400. The Morgan fingerprint density at radius 3 is 1.71 bits per heavy atom. The van der Waals surface area contributed by atoms with Crippen LogP contribution in [-0.4, -0.2) is 69.7 Å². The maximum atomic E-state index is 13.5. The fourth-order valence-electron chi connectivity index (χ4n) is 3.70. The molecule has 0 bridgehead atoms. The lowest BCUT2D eigenvalue weighted by molar-refractivity contribution is -0.142. The second-order valence-electron chi connectivity index (χ2n) is 11.2. The number of nitrogens with two attached hydrogens (primary N) is 1. The maximum absolute atomic E-state index is 13.5. The number of carboxylic acid groups (broad SMARTS) is 1. The molecular formula is C30H39N5O7. The zero-order valence-corrected chi connectivity index (χ0v) is 24.6. The van der Waals surface area contributed by atoms with Crippen molar-refractivity contribution in [2.24, 2.45) is 5.73 Å². The number of ketones is 1. The Hall–Kier alpha value is -4.58. The van der Waals surface area contributed by atoms with Crippen molar-refractivity contribution in [1.29, 1.82) is 0 Å². The van der Waals surface area contributed by atoms with E-state index >= 15 is 0 Å². The van der Waals surface area contributed by atoms with E-state index in [4.69, 9.17) is 10.8 Å². The van der Waals surface area contributed by atoms with E-state index in [1.807, 2.05) is 0 Å². The molecule has 3 unspecified atom stereocenters. The van der Waals surface area contributed by atoms with Crippen LogP contribution in [0.1, 0.15) is 63.0 Å². The molecule has 0 saturated heterocycles. The first-order valence-corrected chi connectivity index (χ1v) is 13.4. The van der Waals surface area contributed by atoms with Gasteiger partial charge in [0.2, 0.25) is 23.6 Å². The zero-order chi connectivity index (χ0) is 31.8. The highest BCUT2D eigenvalue weighted by Gasteiger charge is 2.37. The first kappa shape index (κ1) is 33.6. The van der Waals surface area contributed by atoms with Crippen molar-refractivity contribution in [3.8, 4) is 0 Å². The number of hydrogen-bond donors (Lipinski definition) is 6. The van der Waals surface area contributed by atoms with Crippen LogP contribution in [-0.2, 0) is 30.4 Å². The average Bonchev–Trinajstić information content (AvgIpc) is 2.92. The number of carbonyl (C=O) groups is 6. The standard InChI is InChI=1S/C30H39N5O7/c1-17(31)24(37)34-30(5,6)28(42)33-22(25(38)35-29(3,4)27(41)32-18(2)26(39)40)16-19-12-14-21(15-13-19)23(36)20-10-8-7-9-11-20/h7-15,17-18,22H,16,31H2,1-6H3,(H,32,41)(H,33,42)(H,34,37)(H,35,38)(H,39,40). The summed E-state index contributed by atoms with van der Waals surface area (Å²) in [5.41, 5.74) is 4.16. The molecule has 2 aromatic carbocycles. The predicted molar refractivity (Wildman–Crippen MR) is 155 cm³/mol. The Morgan fingerprint density at radius 2 is 1.21 bits per heavy atom. The Balaban J connectivity index is 2.30. The molecule has 226 valence electrons. The van der Waals surface area contributed by atoms with Crippen molar-refractivity contribution in [1.82, 2.24) is 21.3 Å². The molecule has 3 atom stereocenters. The monoisotopic (exact) mass is 581 g/mol. The molecule has 0 aliphatic heterocycles. The van der Waals surface area contributed by atoms with Crippen LogP contribution in [0.5, 0.6) is 0 Å². The van der Waals surface area contributed by atoms with Gasteiger partial charge in [-0.05, 0) is 47.1 Å². The molecule has 2 aromatic rings. The summed E-state index contributed by atoms with van der Waals surface area (Å²) >= 11 is 0. The van der Waals surface area contributed by atoms with Crippen LogP contribution in [0, 0.1) is 0 Å². The SMILES string of the molecule is CC(N)C(=O)NC(C)(C)C(=O)NC(Cc1ccc(C(=O)c2ccccc2)cc1)C(=O)NC(C)(C)C(=O)NC(C)C(=O)O. The third kappa shape index (κ3) is 9.23. The van der Waals surface area contributed by atoms with Crippen molar-refractivity contribution in [2.45, 2.75) is 77.2 Å². The predicted octanol–water partition coefficient (Wildman–Crippen LogP) is 0.671. The fourth-order valence-corrected chi connectivity index (χ4v) is 3.70. The molecule has 12 heteroatoms. The van der Waals surface area contributed by atoms with E-state index in [0.29, 0.717) is 16.7 Å². The lowest BCUT2D eigenvalue weighted by atomic mass is 9.97. The number of nitrogens with one attached hydrogen (secondary N) is 4. The van der Waals surface area contributed by atoms with Gasteiger partial charge >= 0.3 is 5.97 Å². The molecule has 0 radical (unpaired) electrons. The number of hydrogen-bond acceptors (Lipinski definition) is 7. The highest BCUT2D eigenvalue weighted by Crippen LogP contribution is 2.14. The minimum Gasteiger partial charge on any atom is -0.480 e. The summed E-state index contributed by atoms with van der Waals surface area (Å²) < 4.78 is 0. The van der Waals surface area contributed by atoms with Crippen molar-refractivity contribution < 1.29 is 33.9 Å². The van der Waals surface area contributed by atoms with Gasteiger partial charge in [-0.25, -0.2) is 0 Å². The van der Waals surface area contributed by atoms with Crippen LogP contribution in [0.15, 0.2) is 54.6 Å². The summed E-state index contributed by atoms with van der Waals surface area (Å²) in [7, 11) is 0. The first-order chi connectivity index (χ1) is 19.4. The normalized spacial score (nSPS) is 13.6. The van der Waals surface area contributed by atoms with Gasteiger partial charge in [-0.1, -0.05) is 54.6 Å². The van der Waals surface area contributed by atoms with Gasteiger partial charge in [-0.3, -0.25) is 28.8 Å². The van der Waals surface area contributed by atoms with Crippen molar-refractivity contribution in [3.63, 3.8) is 0 Å². The molecule has 42 heavy (non-hydrogen) atoms. The number of benzene rings is 2. The topological polar surface area (TPSA) is 197 Å². The van der Waals surface area contributed by atoms with Gasteiger partial charge in [0.05, 0.1) is 6.04 Å². The largest absolute Gasteiger partial charge is 0.480 e. The van der Waals surface area contributed by atoms with Gasteiger partial charge in [-0.15, -0.1) is 0 Å². The molecule has 7 N–H and O–H groups in total. The van der Waals surface area contributed by atoms with E-state index in [0.717, 1.165) is 0 Å². The van der Waals surface area contributed by atoms with E-state index in [-0.39, 0.29) is 12.2 Å². The molecule has 12 nitrogen and oxygen atoms in total. The number of aliphatic carboxylic acids is 1. The van der Waals surface area contributed by atoms with Gasteiger partial charge in [0.15, 0.2) is 5.78 Å². The van der Waals surface area contributed by atoms with E-state index < -0.39 is 58.8 Å². The number of carboxylic acids is 1. The second kappa shape index (κ2) is 13.9.